The molecule has 0 aliphatic rings. The Hall–Kier alpha value is -2.35. The molecule has 1 atom stereocenters. The summed E-state index contributed by atoms with van der Waals surface area (Å²) in [7, 11) is 0. The number of aryl methyl sites for hydroxylation is 2. The summed E-state index contributed by atoms with van der Waals surface area (Å²) in [6, 6.07) is 7.79. The Kier molecular flexibility index (Phi) is 4.61. The monoisotopic (exact) mass is 332 g/mol. The first-order valence-corrected chi connectivity index (χ1v) is 7.97. The Labute approximate surface area is 137 Å². The minimum atomic E-state index is -0.0674. The predicted octanol–water partition coefficient (Wildman–Crippen LogP) is 3.50. The van der Waals surface area contributed by atoms with E-state index < -0.39 is 0 Å². The van der Waals surface area contributed by atoms with Crippen molar-refractivity contribution in [1.29, 1.82) is 0 Å². The first-order valence-electron chi connectivity index (χ1n) is 7.09. The van der Waals surface area contributed by atoms with Crippen LogP contribution in [0.25, 0.3) is 0 Å². The highest BCUT2D eigenvalue weighted by Crippen LogP contribution is 2.32. The summed E-state index contributed by atoms with van der Waals surface area (Å²) >= 11 is 1.36. The van der Waals surface area contributed by atoms with Gasteiger partial charge >= 0.3 is 0 Å². The number of benzene rings is 1. The summed E-state index contributed by atoms with van der Waals surface area (Å²) in [6.45, 7) is 5.95. The molecule has 8 heteroatoms. The molecular formula is C15H16N4O3S. The third-order valence-electron chi connectivity index (χ3n) is 2.97. The van der Waals surface area contributed by atoms with Crippen LogP contribution >= 0.6 is 11.8 Å². The van der Waals surface area contributed by atoms with Crippen molar-refractivity contribution in [3.8, 4) is 5.75 Å². The molecule has 120 valence electrons. The third-order valence-corrected chi connectivity index (χ3v) is 3.89. The molecule has 2 heterocycles. The van der Waals surface area contributed by atoms with Gasteiger partial charge in [-0.05, 0) is 38.5 Å². The van der Waals surface area contributed by atoms with Gasteiger partial charge in [-0.1, -0.05) is 29.1 Å². The normalized spacial score (nSPS) is 12.3. The van der Waals surface area contributed by atoms with Gasteiger partial charge in [0.15, 0.2) is 12.4 Å². The van der Waals surface area contributed by atoms with Gasteiger partial charge in [0.1, 0.15) is 5.75 Å². The van der Waals surface area contributed by atoms with Gasteiger partial charge in [-0.15, -0.1) is 10.2 Å². The average Bonchev–Trinajstić information content (AvgIpc) is 3.14. The molecule has 2 aromatic heterocycles. The molecule has 0 fully saturated rings. The molecule has 0 N–H and O–H groups in total. The summed E-state index contributed by atoms with van der Waals surface area (Å²) in [5.74, 6) is 2.32. The van der Waals surface area contributed by atoms with E-state index in [2.05, 4.69) is 20.3 Å². The molecule has 0 radical (unpaired) electrons. The molecule has 0 unspecified atom stereocenters. The minimum Gasteiger partial charge on any atom is -0.484 e. The van der Waals surface area contributed by atoms with Crippen LogP contribution in [0.2, 0.25) is 0 Å². The Bertz CT molecular complexity index is 786. The number of hydrogen-bond donors (Lipinski definition) is 0. The van der Waals surface area contributed by atoms with Crippen molar-refractivity contribution in [3.63, 3.8) is 0 Å². The number of ether oxygens (including phenoxy) is 1. The molecule has 0 amide bonds. The van der Waals surface area contributed by atoms with Crippen LogP contribution in [0, 0.1) is 13.8 Å². The van der Waals surface area contributed by atoms with E-state index in [1.54, 1.807) is 6.92 Å². The van der Waals surface area contributed by atoms with E-state index in [0.717, 1.165) is 11.3 Å². The van der Waals surface area contributed by atoms with Gasteiger partial charge in [-0.25, -0.2) is 0 Å². The SMILES string of the molecule is Cc1cccc(OCc2nnc(S[C@H](C)c3nc(C)no3)o2)c1. The van der Waals surface area contributed by atoms with Crippen molar-refractivity contribution < 1.29 is 13.7 Å². The zero-order valence-electron chi connectivity index (χ0n) is 13.0. The minimum absolute atomic E-state index is 0.0674. The molecule has 3 rings (SSSR count). The van der Waals surface area contributed by atoms with E-state index >= 15 is 0 Å². The van der Waals surface area contributed by atoms with Crippen LogP contribution in [0.3, 0.4) is 0 Å². The van der Waals surface area contributed by atoms with E-state index in [9.17, 15) is 0 Å². The summed E-state index contributed by atoms with van der Waals surface area (Å²) < 4.78 is 16.3. The Morgan fingerprint density at radius 2 is 2.13 bits per heavy atom. The second-order valence-corrected chi connectivity index (χ2v) is 6.30. The lowest BCUT2D eigenvalue weighted by atomic mass is 10.2. The van der Waals surface area contributed by atoms with Crippen LogP contribution in [-0.4, -0.2) is 20.3 Å². The summed E-state index contributed by atoms with van der Waals surface area (Å²) in [6.07, 6.45) is 0. The molecule has 23 heavy (non-hydrogen) atoms. The fraction of sp³-hybridized carbons (Fsp3) is 0.333. The van der Waals surface area contributed by atoms with Crippen LogP contribution < -0.4 is 4.74 Å². The predicted molar refractivity (Wildman–Crippen MR) is 83.1 cm³/mol. The molecule has 0 saturated carbocycles. The highest BCUT2D eigenvalue weighted by molar-refractivity contribution is 7.99. The first-order chi connectivity index (χ1) is 11.1. The summed E-state index contributed by atoms with van der Waals surface area (Å²) in [5, 5.41) is 12.1. The maximum Gasteiger partial charge on any atom is 0.277 e. The van der Waals surface area contributed by atoms with Crippen LogP contribution in [-0.2, 0) is 6.61 Å². The lowest BCUT2D eigenvalue weighted by Gasteiger charge is -2.03. The van der Waals surface area contributed by atoms with E-state index in [4.69, 9.17) is 13.7 Å². The van der Waals surface area contributed by atoms with Crippen LogP contribution in [0.5, 0.6) is 5.75 Å². The van der Waals surface area contributed by atoms with E-state index in [1.165, 1.54) is 11.8 Å². The lowest BCUT2D eigenvalue weighted by Crippen LogP contribution is -1.95. The van der Waals surface area contributed by atoms with Crippen molar-refractivity contribution in [2.75, 3.05) is 0 Å². The molecule has 0 saturated heterocycles. The van der Waals surface area contributed by atoms with Crippen molar-refractivity contribution in [1.82, 2.24) is 20.3 Å². The second-order valence-electron chi connectivity index (χ2n) is 5.01. The maximum absolute atomic E-state index is 5.63. The van der Waals surface area contributed by atoms with E-state index in [-0.39, 0.29) is 11.9 Å². The molecule has 3 aromatic rings. The van der Waals surface area contributed by atoms with Gasteiger partial charge in [-0.3, -0.25) is 0 Å². The first kappa shape index (κ1) is 15.5. The van der Waals surface area contributed by atoms with Crippen LogP contribution in [0.15, 0.2) is 38.4 Å². The second kappa shape index (κ2) is 6.82. The zero-order valence-corrected chi connectivity index (χ0v) is 13.8. The average molecular weight is 332 g/mol. The number of rotatable bonds is 6. The lowest BCUT2D eigenvalue weighted by molar-refractivity contribution is 0.252. The molecule has 0 aliphatic carbocycles. The topological polar surface area (TPSA) is 87.1 Å². The van der Waals surface area contributed by atoms with Crippen LogP contribution in [0.1, 0.15) is 35.3 Å². The largest absolute Gasteiger partial charge is 0.484 e. The van der Waals surface area contributed by atoms with Gasteiger partial charge in [0.25, 0.3) is 11.1 Å². The number of thioether (sulfide) groups is 1. The quantitative estimate of drug-likeness (QED) is 0.634. The van der Waals surface area contributed by atoms with Gasteiger partial charge < -0.3 is 13.7 Å². The Balaban J connectivity index is 1.57. The molecule has 0 aliphatic heterocycles. The van der Waals surface area contributed by atoms with Gasteiger partial charge in [0.05, 0.1) is 5.25 Å². The van der Waals surface area contributed by atoms with Crippen molar-refractivity contribution in [3.05, 3.63) is 47.4 Å². The fourth-order valence-electron chi connectivity index (χ4n) is 1.87. The van der Waals surface area contributed by atoms with Gasteiger partial charge in [0, 0.05) is 0 Å². The number of nitrogens with zero attached hydrogens (tertiary/aromatic N) is 4. The number of hydrogen-bond acceptors (Lipinski definition) is 8. The van der Waals surface area contributed by atoms with Crippen molar-refractivity contribution in [2.45, 2.75) is 37.9 Å². The highest BCUT2D eigenvalue weighted by atomic mass is 32.2. The zero-order chi connectivity index (χ0) is 16.2. The number of aromatic nitrogens is 4. The molecular weight excluding hydrogens is 316 g/mol. The standard InChI is InChI=1S/C15H16N4O3S/c1-9-5-4-6-12(7-9)20-8-13-17-18-15(21-13)23-10(2)14-16-11(3)19-22-14/h4-7,10H,8H2,1-3H3/t10-/m1/s1. The fourth-order valence-corrected chi connectivity index (χ4v) is 2.61. The third kappa shape index (κ3) is 4.10. The van der Waals surface area contributed by atoms with Gasteiger partial charge in [0.2, 0.25) is 5.89 Å². The van der Waals surface area contributed by atoms with E-state index in [1.807, 2.05) is 38.1 Å². The Morgan fingerprint density at radius 3 is 2.87 bits per heavy atom. The highest BCUT2D eigenvalue weighted by Gasteiger charge is 2.18. The molecule has 1 aromatic carbocycles. The van der Waals surface area contributed by atoms with Gasteiger partial charge in [-0.2, -0.15) is 4.98 Å². The molecule has 0 bridgehead atoms. The maximum atomic E-state index is 5.63. The van der Waals surface area contributed by atoms with Crippen molar-refractivity contribution in [2.24, 2.45) is 0 Å². The molecule has 0 spiro atoms. The summed E-state index contributed by atoms with van der Waals surface area (Å²) in [4.78, 5) is 4.18. The Morgan fingerprint density at radius 1 is 1.26 bits per heavy atom. The smallest absolute Gasteiger partial charge is 0.277 e. The summed E-state index contributed by atoms with van der Waals surface area (Å²) in [5.41, 5.74) is 1.13. The molecule has 7 nitrogen and oxygen atoms in total. The van der Waals surface area contributed by atoms with E-state index in [0.29, 0.717) is 22.8 Å². The van der Waals surface area contributed by atoms with Crippen molar-refractivity contribution >= 4 is 11.8 Å². The van der Waals surface area contributed by atoms with Crippen LogP contribution in [0.4, 0.5) is 0 Å².